The van der Waals surface area contributed by atoms with Crippen molar-refractivity contribution in [2.24, 2.45) is 0 Å². The summed E-state index contributed by atoms with van der Waals surface area (Å²) in [7, 11) is -9.91. The molecule has 0 saturated heterocycles. The second kappa shape index (κ2) is 5.67. The Morgan fingerprint density at radius 1 is 1.00 bits per heavy atom. The maximum absolute atomic E-state index is 12.9. The molecular weight excluding hydrogens is 417 g/mol. The first-order valence-corrected chi connectivity index (χ1v) is 9.40. The van der Waals surface area contributed by atoms with E-state index in [9.17, 15) is 24.2 Å². The predicted molar refractivity (Wildman–Crippen MR) is 90.5 cm³/mol. The first-order valence-electron chi connectivity index (χ1n) is 7.07. The van der Waals surface area contributed by atoms with Crippen LogP contribution in [0.2, 0.25) is 5.02 Å². The average molecular weight is 426 g/mol. The van der Waals surface area contributed by atoms with Crippen molar-refractivity contribution in [2.45, 2.75) is 4.90 Å². The van der Waals surface area contributed by atoms with Crippen LogP contribution in [0.1, 0.15) is 10.4 Å². The lowest BCUT2D eigenvalue weighted by Gasteiger charge is -2.40. The highest BCUT2D eigenvalue weighted by Gasteiger charge is 2.65. The van der Waals surface area contributed by atoms with Gasteiger partial charge < -0.3 is 4.42 Å². The van der Waals surface area contributed by atoms with Crippen LogP contribution in [0.3, 0.4) is 0 Å². The Balaban J connectivity index is 1.85. The maximum atomic E-state index is 12.9. The number of benzene rings is 2. The summed E-state index contributed by atoms with van der Waals surface area (Å²) < 4.78 is 69.5. The van der Waals surface area contributed by atoms with Crippen molar-refractivity contribution in [3.8, 4) is 11.5 Å². The number of rotatable bonds is 4. The third-order valence-electron chi connectivity index (χ3n) is 3.29. The second-order valence-electron chi connectivity index (χ2n) is 5.34. The summed E-state index contributed by atoms with van der Waals surface area (Å²) in [6.07, 6.45) is 0. The van der Waals surface area contributed by atoms with Gasteiger partial charge in [-0.05, 0) is 30.3 Å². The fourth-order valence-electron chi connectivity index (χ4n) is 2.06. The number of nitrogens with zero attached hydrogens (tertiary/aromatic N) is 2. The zero-order valence-electron chi connectivity index (χ0n) is 13.0. The van der Waals surface area contributed by atoms with E-state index in [-0.39, 0.29) is 18.0 Å². The number of halogens is 6. The van der Waals surface area contributed by atoms with E-state index in [1.165, 1.54) is 0 Å². The van der Waals surface area contributed by atoms with Crippen LogP contribution in [0.4, 0.5) is 25.4 Å². The fraction of sp³-hybridized carbons (Fsp3) is 0. The molecule has 1 heterocycles. The molecule has 3 rings (SSSR count). The molecule has 0 atom stereocenters. The standard InChI is InChI=1S/C15H9ClF5N3O2S/c16-12-7-2-1-6-11(12)14-23-24-15(26-14)22-13(25)9-4-3-5-10(8-9)27(17,18,19,20)21/h1-8H,(H,22,24,25). The van der Waals surface area contributed by atoms with Crippen molar-refractivity contribution in [1.29, 1.82) is 0 Å². The van der Waals surface area contributed by atoms with Crippen molar-refractivity contribution >= 4 is 33.7 Å². The molecule has 1 amide bonds. The van der Waals surface area contributed by atoms with Crippen molar-refractivity contribution in [3.05, 3.63) is 59.1 Å². The Kier molecular flexibility index (Phi) is 4.01. The molecule has 0 spiro atoms. The summed E-state index contributed by atoms with van der Waals surface area (Å²) in [5.74, 6) is -1.18. The lowest BCUT2D eigenvalue weighted by atomic mass is 10.2. The molecule has 0 saturated carbocycles. The molecular formula is C15H9ClF5N3O2S. The van der Waals surface area contributed by atoms with Gasteiger partial charge in [-0.15, -0.1) is 5.10 Å². The van der Waals surface area contributed by atoms with Crippen molar-refractivity contribution in [1.82, 2.24) is 10.2 Å². The number of aromatic nitrogens is 2. The van der Waals surface area contributed by atoms with E-state index >= 15 is 0 Å². The number of hydrogen-bond acceptors (Lipinski definition) is 4. The Bertz CT molecular complexity index is 1040. The number of hydrogen-bond donors (Lipinski definition) is 1. The van der Waals surface area contributed by atoms with E-state index in [0.29, 0.717) is 16.7 Å². The van der Waals surface area contributed by atoms with Gasteiger partial charge in [-0.1, -0.05) is 54.3 Å². The summed E-state index contributed by atoms with van der Waals surface area (Å²) in [6, 6.07) is 7.89. The average Bonchev–Trinajstić information content (AvgIpc) is 3.01. The van der Waals surface area contributed by atoms with E-state index in [0.717, 1.165) is 6.07 Å². The molecule has 0 aliphatic rings. The Morgan fingerprint density at radius 2 is 1.70 bits per heavy atom. The lowest BCUT2D eigenvalue weighted by molar-refractivity contribution is 0.102. The molecule has 0 radical (unpaired) electrons. The third kappa shape index (κ3) is 4.37. The monoisotopic (exact) mass is 425 g/mol. The van der Waals surface area contributed by atoms with Gasteiger partial charge in [0, 0.05) is 5.56 Å². The first kappa shape index (κ1) is 19.1. The van der Waals surface area contributed by atoms with Crippen LogP contribution in [0.15, 0.2) is 57.8 Å². The second-order valence-corrected chi connectivity index (χ2v) is 8.16. The van der Waals surface area contributed by atoms with Gasteiger partial charge >= 0.3 is 16.2 Å². The smallest absolute Gasteiger partial charge is 0.322 e. The molecule has 0 fully saturated rings. The zero-order valence-corrected chi connectivity index (χ0v) is 14.6. The highest BCUT2D eigenvalue weighted by molar-refractivity contribution is 8.45. The summed E-state index contributed by atoms with van der Waals surface area (Å²) in [6.45, 7) is 0. The summed E-state index contributed by atoms with van der Waals surface area (Å²) in [4.78, 5) is 9.87. The molecule has 144 valence electrons. The highest BCUT2D eigenvalue weighted by Crippen LogP contribution is 3.02. The SMILES string of the molecule is O=C(Nc1nnc(-c2ccccc2Cl)o1)c1cccc(S(F)(F)(F)(F)F)c1. The van der Waals surface area contributed by atoms with E-state index < -0.39 is 32.6 Å². The minimum absolute atomic E-state index is 0.0448. The number of amides is 1. The minimum atomic E-state index is -9.91. The molecule has 0 unspecified atom stereocenters. The van der Waals surface area contributed by atoms with Crippen LogP contribution in [0.5, 0.6) is 0 Å². The molecule has 27 heavy (non-hydrogen) atoms. The van der Waals surface area contributed by atoms with Crippen LogP contribution in [-0.4, -0.2) is 16.1 Å². The molecule has 3 aromatic rings. The number of carbonyl (C=O) groups is 1. The van der Waals surface area contributed by atoms with Gasteiger partial charge in [0.15, 0.2) is 0 Å². The molecule has 2 aromatic carbocycles. The highest BCUT2D eigenvalue weighted by atomic mass is 35.5. The molecule has 1 aromatic heterocycles. The Hall–Kier alpha value is -2.66. The minimum Gasteiger partial charge on any atom is -0.403 e. The number of nitrogens with one attached hydrogen (secondary N) is 1. The van der Waals surface area contributed by atoms with Crippen LogP contribution in [-0.2, 0) is 0 Å². The van der Waals surface area contributed by atoms with Crippen LogP contribution < -0.4 is 5.32 Å². The Morgan fingerprint density at radius 3 is 2.37 bits per heavy atom. The molecule has 12 heteroatoms. The lowest BCUT2D eigenvalue weighted by Crippen LogP contribution is -2.14. The van der Waals surface area contributed by atoms with Gasteiger partial charge in [-0.3, -0.25) is 10.1 Å². The Labute approximate surface area is 153 Å². The molecule has 1 N–H and O–H groups in total. The van der Waals surface area contributed by atoms with Crippen LogP contribution >= 0.6 is 21.8 Å². The fourth-order valence-corrected chi connectivity index (χ4v) is 2.97. The predicted octanol–water partition coefficient (Wildman–Crippen LogP) is 6.30. The van der Waals surface area contributed by atoms with Gasteiger partial charge in [0.1, 0.15) is 4.90 Å². The van der Waals surface area contributed by atoms with Crippen molar-refractivity contribution in [2.75, 3.05) is 5.32 Å². The van der Waals surface area contributed by atoms with Gasteiger partial charge in [-0.25, -0.2) is 0 Å². The van der Waals surface area contributed by atoms with E-state index in [1.54, 1.807) is 24.3 Å². The number of anilines is 1. The maximum Gasteiger partial charge on any atom is 0.322 e. The van der Waals surface area contributed by atoms with E-state index in [4.69, 9.17) is 16.0 Å². The normalized spacial score (nSPS) is 14.3. The van der Waals surface area contributed by atoms with Gasteiger partial charge in [-0.2, -0.15) is 0 Å². The summed E-state index contributed by atoms with van der Waals surface area (Å²) >= 11 is 5.97. The topological polar surface area (TPSA) is 68.0 Å². The van der Waals surface area contributed by atoms with Crippen LogP contribution in [0, 0.1) is 0 Å². The first-order chi connectivity index (χ1) is 12.3. The van der Waals surface area contributed by atoms with E-state index in [2.05, 4.69) is 15.5 Å². The summed E-state index contributed by atoms with van der Waals surface area (Å²) in [5.41, 5.74) is -0.284. The quantitative estimate of drug-likeness (QED) is 0.498. The van der Waals surface area contributed by atoms with Gasteiger partial charge in [0.2, 0.25) is 0 Å². The molecule has 0 aliphatic heterocycles. The van der Waals surface area contributed by atoms with E-state index in [1.807, 2.05) is 0 Å². The summed E-state index contributed by atoms with van der Waals surface area (Å²) in [5, 5.41) is 9.53. The van der Waals surface area contributed by atoms with Crippen molar-refractivity contribution in [3.63, 3.8) is 0 Å². The molecule has 0 aliphatic carbocycles. The van der Waals surface area contributed by atoms with Crippen LogP contribution in [0.25, 0.3) is 11.5 Å². The zero-order chi connectivity index (χ0) is 19.9. The number of carbonyl (C=O) groups excluding carboxylic acids is 1. The third-order valence-corrected chi connectivity index (χ3v) is 4.77. The van der Waals surface area contributed by atoms with Gasteiger partial charge in [0.05, 0.1) is 10.6 Å². The molecule has 5 nitrogen and oxygen atoms in total. The molecule has 0 bridgehead atoms. The van der Waals surface area contributed by atoms with Gasteiger partial charge in [0.25, 0.3) is 11.8 Å². The largest absolute Gasteiger partial charge is 0.403 e. The van der Waals surface area contributed by atoms with Crippen molar-refractivity contribution < 1.29 is 28.6 Å².